The predicted octanol–water partition coefficient (Wildman–Crippen LogP) is 4.45. The van der Waals surface area contributed by atoms with Gasteiger partial charge >= 0.3 is 0 Å². The second-order valence-electron chi connectivity index (χ2n) is 5.76. The Morgan fingerprint density at radius 2 is 2.08 bits per heavy atom. The van der Waals surface area contributed by atoms with Crippen LogP contribution in [0.2, 0.25) is 5.02 Å². The maximum atomic E-state index is 12.2. The molecule has 0 aliphatic rings. The summed E-state index contributed by atoms with van der Waals surface area (Å²) < 4.78 is 0. The molecular weight excluding hydrogens is 374 g/mol. The van der Waals surface area contributed by atoms with E-state index in [0.29, 0.717) is 17.9 Å². The molecular formula is C19H18ClNO2S2. The van der Waals surface area contributed by atoms with Gasteiger partial charge in [0, 0.05) is 21.9 Å². The van der Waals surface area contributed by atoms with Gasteiger partial charge in [0.25, 0.3) is 0 Å². The molecule has 0 saturated carbocycles. The van der Waals surface area contributed by atoms with Crippen LogP contribution in [-0.4, -0.2) is 17.6 Å². The van der Waals surface area contributed by atoms with Gasteiger partial charge in [-0.2, -0.15) is 11.3 Å². The number of halogens is 1. The van der Waals surface area contributed by atoms with Gasteiger partial charge in [0.1, 0.15) is 5.60 Å². The molecule has 0 radical (unpaired) electrons. The number of aliphatic hydroxyl groups is 1. The highest BCUT2D eigenvalue weighted by Gasteiger charge is 2.33. The minimum atomic E-state index is -1.19. The number of aryl methyl sites for hydroxylation is 1. The molecule has 0 aliphatic heterocycles. The first-order valence-corrected chi connectivity index (χ1v) is 10.1. The van der Waals surface area contributed by atoms with Crippen molar-refractivity contribution in [3.8, 4) is 0 Å². The molecule has 3 nitrogen and oxygen atoms in total. The van der Waals surface area contributed by atoms with E-state index < -0.39 is 5.60 Å². The number of nitrogens with one attached hydrogen (secondary N) is 1. The number of amides is 1. The molecule has 3 aromatic rings. The maximum Gasteiger partial charge on any atom is 0.220 e. The van der Waals surface area contributed by atoms with Crippen molar-refractivity contribution in [3.63, 3.8) is 0 Å². The lowest BCUT2D eigenvalue weighted by atomic mass is 9.94. The maximum absolute atomic E-state index is 12.2. The summed E-state index contributed by atoms with van der Waals surface area (Å²) >= 11 is 8.97. The highest BCUT2D eigenvalue weighted by atomic mass is 35.5. The van der Waals surface area contributed by atoms with E-state index in [1.165, 1.54) is 22.7 Å². The molecule has 3 rings (SSSR count). The van der Waals surface area contributed by atoms with Gasteiger partial charge in [0.15, 0.2) is 0 Å². The molecule has 130 valence electrons. The van der Waals surface area contributed by atoms with Gasteiger partial charge in [-0.25, -0.2) is 0 Å². The first kappa shape index (κ1) is 18.1. The summed E-state index contributed by atoms with van der Waals surface area (Å²) in [7, 11) is 0. The zero-order valence-corrected chi connectivity index (χ0v) is 15.8. The Hall–Kier alpha value is -1.66. The fourth-order valence-corrected chi connectivity index (χ4v) is 4.39. The molecule has 1 amide bonds. The third kappa shape index (κ3) is 4.50. The number of benzene rings is 1. The van der Waals surface area contributed by atoms with Gasteiger partial charge < -0.3 is 10.4 Å². The van der Waals surface area contributed by atoms with E-state index in [4.69, 9.17) is 11.6 Å². The molecule has 6 heteroatoms. The number of hydrogen-bond acceptors (Lipinski definition) is 4. The van der Waals surface area contributed by atoms with Crippen LogP contribution in [0.25, 0.3) is 0 Å². The lowest BCUT2D eigenvalue weighted by molar-refractivity contribution is -0.122. The highest BCUT2D eigenvalue weighted by molar-refractivity contribution is 7.10. The van der Waals surface area contributed by atoms with Crippen LogP contribution in [0.5, 0.6) is 0 Å². The Labute approximate surface area is 159 Å². The van der Waals surface area contributed by atoms with Crippen molar-refractivity contribution in [1.82, 2.24) is 5.32 Å². The summed E-state index contributed by atoms with van der Waals surface area (Å²) in [5.74, 6) is -0.0924. The molecule has 0 aliphatic carbocycles. The van der Waals surface area contributed by atoms with Gasteiger partial charge in [0.05, 0.1) is 6.54 Å². The molecule has 1 unspecified atom stereocenters. The molecule has 0 saturated heterocycles. The fourth-order valence-electron chi connectivity index (χ4n) is 2.61. The minimum absolute atomic E-state index is 0.0924. The smallest absolute Gasteiger partial charge is 0.220 e. The summed E-state index contributed by atoms with van der Waals surface area (Å²) in [5, 5.41) is 20.5. The summed E-state index contributed by atoms with van der Waals surface area (Å²) in [6.45, 7) is 0.151. The topological polar surface area (TPSA) is 49.3 Å². The molecule has 0 bridgehead atoms. The number of rotatable bonds is 7. The molecule has 0 fully saturated rings. The molecule has 2 N–H and O–H groups in total. The highest BCUT2D eigenvalue weighted by Crippen LogP contribution is 2.33. The summed E-state index contributed by atoms with van der Waals surface area (Å²) in [6, 6.07) is 13.2. The minimum Gasteiger partial charge on any atom is -0.378 e. The number of carbonyl (C=O) groups is 1. The second kappa shape index (κ2) is 8.15. The zero-order valence-electron chi connectivity index (χ0n) is 13.4. The Morgan fingerprint density at radius 3 is 2.76 bits per heavy atom. The third-order valence-electron chi connectivity index (χ3n) is 4.00. The first-order valence-electron chi connectivity index (χ1n) is 7.88. The van der Waals surface area contributed by atoms with E-state index in [1.807, 2.05) is 58.6 Å². The van der Waals surface area contributed by atoms with Crippen molar-refractivity contribution in [2.75, 3.05) is 6.54 Å². The average molecular weight is 392 g/mol. The van der Waals surface area contributed by atoms with E-state index in [0.717, 1.165) is 16.0 Å². The first-order chi connectivity index (χ1) is 12.1. The van der Waals surface area contributed by atoms with Crippen molar-refractivity contribution in [1.29, 1.82) is 0 Å². The van der Waals surface area contributed by atoms with Crippen LogP contribution in [-0.2, 0) is 16.8 Å². The van der Waals surface area contributed by atoms with Crippen molar-refractivity contribution in [3.05, 3.63) is 79.6 Å². The average Bonchev–Trinajstić information content (AvgIpc) is 3.32. The third-order valence-corrected chi connectivity index (χ3v) is 5.94. The standard InChI is InChI=1S/C19H18ClNO2S2/c20-16-4-1-3-14(11-16)6-7-18(22)21-13-19(23,15-8-10-24-12-15)17-5-2-9-25-17/h1-5,8-12,23H,6-7,13H2,(H,21,22). The van der Waals surface area contributed by atoms with E-state index in [2.05, 4.69) is 5.32 Å². The Kier molecular flexibility index (Phi) is 5.91. The molecule has 2 heterocycles. The molecule has 2 aromatic heterocycles. The molecule has 25 heavy (non-hydrogen) atoms. The van der Waals surface area contributed by atoms with E-state index in [1.54, 1.807) is 0 Å². The number of thiophene rings is 2. The number of carbonyl (C=O) groups excluding carboxylic acids is 1. The molecule has 1 aromatic carbocycles. The van der Waals surface area contributed by atoms with Crippen LogP contribution >= 0.6 is 34.3 Å². The largest absolute Gasteiger partial charge is 0.378 e. The summed E-state index contributed by atoms with van der Waals surface area (Å²) in [4.78, 5) is 13.1. The normalized spacial score (nSPS) is 13.4. The van der Waals surface area contributed by atoms with Crippen LogP contribution in [0.3, 0.4) is 0 Å². The molecule has 0 spiro atoms. The fraction of sp³-hybridized carbons (Fsp3) is 0.211. The Balaban J connectivity index is 1.63. The second-order valence-corrected chi connectivity index (χ2v) is 7.92. The van der Waals surface area contributed by atoms with Crippen molar-refractivity contribution < 1.29 is 9.90 Å². The van der Waals surface area contributed by atoms with Crippen LogP contribution in [0.1, 0.15) is 22.4 Å². The number of hydrogen-bond donors (Lipinski definition) is 2. The molecule has 1 atom stereocenters. The monoisotopic (exact) mass is 391 g/mol. The van der Waals surface area contributed by atoms with E-state index >= 15 is 0 Å². The summed E-state index contributed by atoms with van der Waals surface area (Å²) in [5.41, 5.74) is 0.629. The van der Waals surface area contributed by atoms with Crippen LogP contribution < -0.4 is 5.32 Å². The predicted molar refractivity (Wildman–Crippen MR) is 104 cm³/mol. The van der Waals surface area contributed by atoms with E-state index in [-0.39, 0.29) is 12.5 Å². The zero-order chi connectivity index (χ0) is 17.7. The summed E-state index contributed by atoms with van der Waals surface area (Å²) in [6.07, 6.45) is 0.965. The van der Waals surface area contributed by atoms with Crippen LogP contribution in [0.15, 0.2) is 58.6 Å². The van der Waals surface area contributed by atoms with Gasteiger partial charge in [-0.1, -0.05) is 29.8 Å². The Bertz CT molecular complexity index is 782. The Morgan fingerprint density at radius 1 is 1.20 bits per heavy atom. The SMILES string of the molecule is O=C(CCc1cccc(Cl)c1)NCC(O)(c1ccsc1)c1cccs1. The van der Waals surface area contributed by atoms with Crippen LogP contribution in [0.4, 0.5) is 0 Å². The lowest BCUT2D eigenvalue weighted by Gasteiger charge is -2.27. The van der Waals surface area contributed by atoms with Crippen molar-refractivity contribution in [2.24, 2.45) is 0 Å². The van der Waals surface area contributed by atoms with Crippen molar-refractivity contribution in [2.45, 2.75) is 18.4 Å². The van der Waals surface area contributed by atoms with Crippen LogP contribution in [0, 0.1) is 0 Å². The van der Waals surface area contributed by atoms with Gasteiger partial charge in [-0.3, -0.25) is 4.79 Å². The lowest BCUT2D eigenvalue weighted by Crippen LogP contribution is -2.41. The van der Waals surface area contributed by atoms with Crippen molar-refractivity contribution >= 4 is 40.2 Å². The van der Waals surface area contributed by atoms with Gasteiger partial charge in [-0.15, -0.1) is 11.3 Å². The van der Waals surface area contributed by atoms with Gasteiger partial charge in [0.2, 0.25) is 5.91 Å². The van der Waals surface area contributed by atoms with Gasteiger partial charge in [-0.05, 0) is 52.4 Å². The van der Waals surface area contributed by atoms with E-state index in [9.17, 15) is 9.90 Å². The quantitative estimate of drug-likeness (QED) is 0.625.